The van der Waals surface area contributed by atoms with Gasteiger partial charge in [-0.1, -0.05) is 24.6 Å². The van der Waals surface area contributed by atoms with E-state index in [0.29, 0.717) is 0 Å². The summed E-state index contributed by atoms with van der Waals surface area (Å²) in [5, 5.41) is 3.55. The normalized spacial score (nSPS) is 19.5. The molecular formula is C16H26N2. The van der Waals surface area contributed by atoms with Gasteiger partial charge in [-0.2, -0.15) is 0 Å². The summed E-state index contributed by atoms with van der Waals surface area (Å²) < 4.78 is 0. The van der Waals surface area contributed by atoms with Crippen LogP contribution in [0.4, 0.5) is 5.69 Å². The van der Waals surface area contributed by atoms with Gasteiger partial charge in [-0.25, -0.2) is 0 Å². The van der Waals surface area contributed by atoms with Crippen LogP contribution in [-0.2, 0) is 0 Å². The summed E-state index contributed by atoms with van der Waals surface area (Å²) >= 11 is 0. The predicted octanol–water partition coefficient (Wildman–Crippen LogP) is 3.13. The minimum atomic E-state index is 0.817. The quantitative estimate of drug-likeness (QED) is 0.803. The van der Waals surface area contributed by atoms with Crippen LogP contribution in [0.3, 0.4) is 0 Å². The standard InChI is InChI=1S/C16H26N2/c1-4-8-17-11-15-7-9-18(12-15)16-6-5-13(2)10-14(16)3/h5-6,10,15,17H,4,7-9,11-12H2,1-3H3. The first-order chi connectivity index (χ1) is 8.70. The van der Waals surface area contributed by atoms with Gasteiger partial charge in [0, 0.05) is 18.8 Å². The molecule has 0 radical (unpaired) electrons. The fraction of sp³-hybridized carbons (Fsp3) is 0.625. The van der Waals surface area contributed by atoms with E-state index in [9.17, 15) is 0 Å². The third-order valence-corrected chi connectivity index (χ3v) is 3.84. The van der Waals surface area contributed by atoms with Crippen LogP contribution < -0.4 is 10.2 Å². The number of hydrogen-bond donors (Lipinski definition) is 1. The lowest BCUT2D eigenvalue weighted by Gasteiger charge is -2.21. The lowest BCUT2D eigenvalue weighted by atomic mass is 10.1. The van der Waals surface area contributed by atoms with Gasteiger partial charge in [0.1, 0.15) is 0 Å². The second kappa shape index (κ2) is 6.24. The van der Waals surface area contributed by atoms with Gasteiger partial charge < -0.3 is 10.2 Å². The van der Waals surface area contributed by atoms with Crippen molar-refractivity contribution < 1.29 is 0 Å². The molecule has 1 aromatic carbocycles. The molecule has 1 aliphatic heterocycles. The zero-order valence-corrected chi connectivity index (χ0v) is 12.0. The zero-order chi connectivity index (χ0) is 13.0. The highest BCUT2D eigenvalue weighted by Gasteiger charge is 2.22. The van der Waals surface area contributed by atoms with Crippen molar-refractivity contribution >= 4 is 5.69 Å². The number of anilines is 1. The smallest absolute Gasteiger partial charge is 0.0396 e. The van der Waals surface area contributed by atoms with Crippen molar-refractivity contribution in [3.8, 4) is 0 Å². The Morgan fingerprint density at radius 2 is 2.17 bits per heavy atom. The SMILES string of the molecule is CCCNCC1CCN(c2ccc(C)cc2C)C1. The van der Waals surface area contributed by atoms with Crippen molar-refractivity contribution in [2.75, 3.05) is 31.1 Å². The molecule has 2 nitrogen and oxygen atoms in total. The van der Waals surface area contributed by atoms with Crippen molar-refractivity contribution in [1.82, 2.24) is 5.32 Å². The molecule has 1 fully saturated rings. The van der Waals surface area contributed by atoms with E-state index < -0.39 is 0 Å². The van der Waals surface area contributed by atoms with Gasteiger partial charge in [0.2, 0.25) is 0 Å². The summed E-state index contributed by atoms with van der Waals surface area (Å²) in [5.41, 5.74) is 4.20. The molecular weight excluding hydrogens is 220 g/mol. The van der Waals surface area contributed by atoms with Crippen molar-refractivity contribution in [2.45, 2.75) is 33.6 Å². The number of benzene rings is 1. The molecule has 1 aromatic rings. The Labute approximate surface area is 111 Å². The lowest BCUT2D eigenvalue weighted by molar-refractivity contribution is 0.516. The molecule has 0 spiro atoms. The molecule has 1 aliphatic rings. The van der Waals surface area contributed by atoms with E-state index in [4.69, 9.17) is 0 Å². The van der Waals surface area contributed by atoms with E-state index in [1.54, 1.807) is 0 Å². The van der Waals surface area contributed by atoms with E-state index in [1.807, 2.05) is 0 Å². The summed E-state index contributed by atoms with van der Waals surface area (Å²) in [6.07, 6.45) is 2.55. The van der Waals surface area contributed by atoms with Crippen LogP contribution in [0, 0.1) is 19.8 Å². The molecule has 1 N–H and O–H groups in total. The average Bonchev–Trinajstić information content (AvgIpc) is 2.78. The second-order valence-electron chi connectivity index (χ2n) is 5.59. The Morgan fingerprint density at radius 1 is 1.33 bits per heavy atom. The molecule has 0 aromatic heterocycles. The summed E-state index contributed by atoms with van der Waals surface area (Å²) in [4.78, 5) is 2.55. The minimum absolute atomic E-state index is 0.817. The lowest BCUT2D eigenvalue weighted by Crippen LogP contribution is -2.27. The van der Waals surface area contributed by atoms with Gasteiger partial charge in [0.05, 0.1) is 0 Å². The van der Waals surface area contributed by atoms with E-state index >= 15 is 0 Å². The van der Waals surface area contributed by atoms with Crippen LogP contribution >= 0.6 is 0 Å². The maximum Gasteiger partial charge on any atom is 0.0396 e. The second-order valence-corrected chi connectivity index (χ2v) is 5.59. The van der Waals surface area contributed by atoms with Gasteiger partial charge >= 0.3 is 0 Å². The number of aryl methyl sites for hydroxylation is 2. The summed E-state index contributed by atoms with van der Waals surface area (Å²) in [6.45, 7) is 11.4. The Balaban J connectivity index is 1.91. The molecule has 18 heavy (non-hydrogen) atoms. The van der Waals surface area contributed by atoms with E-state index in [-0.39, 0.29) is 0 Å². The highest BCUT2D eigenvalue weighted by Crippen LogP contribution is 2.27. The third kappa shape index (κ3) is 3.26. The molecule has 2 rings (SSSR count). The van der Waals surface area contributed by atoms with Gasteiger partial charge in [-0.3, -0.25) is 0 Å². The highest BCUT2D eigenvalue weighted by molar-refractivity contribution is 5.55. The summed E-state index contributed by atoms with van der Waals surface area (Å²) in [7, 11) is 0. The third-order valence-electron chi connectivity index (χ3n) is 3.84. The van der Waals surface area contributed by atoms with Crippen LogP contribution in [0.2, 0.25) is 0 Å². The van der Waals surface area contributed by atoms with Gasteiger partial charge in [0.15, 0.2) is 0 Å². The maximum absolute atomic E-state index is 3.55. The number of nitrogens with zero attached hydrogens (tertiary/aromatic N) is 1. The largest absolute Gasteiger partial charge is 0.371 e. The van der Waals surface area contributed by atoms with Crippen molar-refractivity contribution in [3.05, 3.63) is 29.3 Å². The molecule has 2 heteroatoms. The van der Waals surface area contributed by atoms with E-state index in [0.717, 1.165) is 12.5 Å². The summed E-state index contributed by atoms with van der Waals surface area (Å²) in [5.74, 6) is 0.817. The van der Waals surface area contributed by atoms with Gasteiger partial charge in [0.25, 0.3) is 0 Å². The van der Waals surface area contributed by atoms with Crippen molar-refractivity contribution in [2.24, 2.45) is 5.92 Å². The van der Waals surface area contributed by atoms with Gasteiger partial charge in [-0.05, 0) is 57.3 Å². The van der Waals surface area contributed by atoms with E-state index in [1.165, 1.54) is 49.3 Å². The Morgan fingerprint density at radius 3 is 2.89 bits per heavy atom. The topological polar surface area (TPSA) is 15.3 Å². The first kappa shape index (κ1) is 13.4. The Bertz CT molecular complexity index is 387. The number of hydrogen-bond acceptors (Lipinski definition) is 2. The Kier molecular flexibility index (Phi) is 4.65. The average molecular weight is 246 g/mol. The molecule has 1 saturated heterocycles. The first-order valence-electron chi connectivity index (χ1n) is 7.23. The van der Waals surface area contributed by atoms with Crippen LogP contribution in [0.25, 0.3) is 0 Å². The van der Waals surface area contributed by atoms with E-state index in [2.05, 4.69) is 49.2 Å². The molecule has 1 heterocycles. The highest BCUT2D eigenvalue weighted by atomic mass is 15.2. The minimum Gasteiger partial charge on any atom is -0.371 e. The first-order valence-corrected chi connectivity index (χ1v) is 7.23. The maximum atomic E-state index is 3.55. The predicted molar refractivity (Wildman–Crippen MR) is 79.4 cm³/mol. The molecule has 0 saturated carbocycles. The van der Waals surface area contributed by atoms with Crippen LogP contribution in [0.15, 0.2) is 18.2 Å². The number of rotatable bonds is 5. The Hall–Kier alpha value is -1.02. The van der Waals surface area contributed by atoms with Crippen LogP contribution in [-0.4, -0.2) is 26.2 Å². The number of nitrogens with one attached hydrogen (secondary N) is 1. The molecule has 100 valence electrons. The summed E-state index contributed by atoms with van der Waals surface area (Å²) in [6, 6.07) is 6.80. The van der Waals surface area contributed by atoms with Crippen molar-refractivity contribution in [1.29, 1.82) is 0 Å². The van der Waals surface area contributed by atoms with Crippen LogP contribution in [0.5, 0.6) is 0 Å². The molecule has 1 unspecified atom stereocenters. The molecule has 0 aliphatic carbocycles. The van der Waals surface area contributed by atoms with Crippen molar-refractivity contribution in [3.63, 3.8) is 0 Å². The fourth-order valence-corrected chi connectivity index (χ4v) is 2.86. The van der Waals surface area contributed by atoms with Gasteiger partial charge in [-0.15, -0.1) is 0 Å². The fourth-order valence-electron chi connectivity index (χ4n) is 2.86. The van der Waals surface area contributed by atoms with Crippen LogP contribution in [0.1, 0.15) is 30.9 Å². The monoisotopic (exact) mass is 246 g/mol. The molecule has 1 atom stereocenters. The zero-order valence-electron chi connectivity index (χ0n) is 12.0. The molecule has 0 bridgehead atoms. The molecule has 0 amide bonds.